The molecule has 1 atom stereocenters. The molecular formula is C24H29N5O. The quantitative estimate of drug-likeness (QED) is 0.798. The van der Waals surface area contributed by atoms with E-state index in [2.05, 4.69) is 38.5 Å². The van der Waals surface area contributed by atoms with Crippen molar-refractivity contribution in [2.45, 2.75) is 33.6 Å². The zero-order valence-corrected chi connectivity index (χ0v) is 18.3. The van der Waals surface area contributed by atoms with Crippen LogP contribution in [0, 0.1) is 16.7 Å². The van der Waals surface area contributed by atoms with Gasteiger partial charge < -0.3 is 15.4 Å². The molecule has 1 aromatic heterocycles. The van der Waals surface area contributed by atoms with Gasteiger partial charge in [0.25, 0.3) is 0 Å². The number of ether oxygens (including phenoxy) is 1. The molecule has 0 aliphatic carbocycles. The number of hydrogen-bond acceptors (Lipinski definition) is 5. The Hall–Kier alpha value is -3.46. The Labute approximate surface area is 178 Å². The van der Waals surface area contributed by atoms with Crippen molar-refractivity contribution in [1.29, 1.82) is 5.26 Å². The lowest BCUT2D eigenvalue weighted by Gasteiger charge is -2.37. The zero-order chi connectivity index (χ0) is 22.1. The molecule has 30 heavy (non-hydrogen) atoms. The molecule has 2 heterocycles. The van der Waals surface area contributed by atoms with Gasteiger partial charge in [-0.3, -0.25) is 0 Å². The van der Waals surface area contributed by atoms with Gasteiger partial charge in [-0.2, -0.15) is 10.4 Å². The summed E-state index contributed by atoms with van der Waals surface area (Å²) in [5.41, 5.74) is 10.1. The summed E-state index contributed by atoms with van der Waals surface area (Å²) in [4.78, 5) is 2.00. The van der Waals surface area contributed by atoms with Gasteiger partial charge in [0.1, 0.15) is 11.6 Å². The molecule has 0 bridgehead atoms. The number of nitriles is 1. The second-order valence-electron chi connectivity index (χ2n) is 8.43. The number of nitrogens with zero attached hydrogens (tertiary/aromatic N) is 4. The largest absolute Gasteiger partial charge is 0.424 e. The van der Waals surface area contributed by atoms with E-state index in [1.165, 1.54) is 0 Å². The fraction of sp³-hybridized carbons (Fsp3) is 0.333. The van der Waals surface area contributed by atoms with Crippen LogP contribution < -0.4 is 5.73 Å². The Balaban J connectivity index is 2.19. The summed E-state index contributed by atoms with van der Waals surface area (Å²) in [5, 5.41) is 14.2. The third-order valence-electron chi connectivity index (χ3n) is 5.45. The summed E-state index contributed by atoms with van der Waals surface area (Å²) in [7, 11) is 1.95. The highest BCUT2D eigenvalue weighted by Crippen LogP contribution is 2.47. The van der Waals surface area contributed by atoms with Crippen molar-refractivity contribution in [2.24, 2.45) is 11.1 Å². The van der Waals surface area contributed by atoms with Crippen molar-refractivity contribution in [1.82, 2.24) is 14.7 Å². The molecule has 2 aromatic rings. The van der Waals surface area contributed by atoms with Crippen molar-refractivity contribution in [3.05, 3.63) is 83.4 Å². The van der Waals surface area contributed by atoms with E-state index in [1.54, 1.807) is 10.9 Å². The summed E-state index contributed by atoms with van der Waals surface area (Å²) < 4.78 is 7.77. The fourth-order valence-corrected chi connectivity index (χ4v) is 3.45. The van der Waals surface area contributed by atoms with Crippen LogP contribution in [0.1, 0.15) is 39.2 Å². The molecule has 1 aliphatic heterocycles. The van der Waals surface area contributed by atoms with E-state index < -0.39 is 0 Å². The molecule has 1 unspecified atom stereocenters. The number of rotatable bonds is 5. The van der Waals surface area contributed by atoms with Gasteiger partial charge in [0.05, 0.1) is 11.6 Å². The minimum atomic E-state index is -0.355. The van der Waals surface area contributed by atoms with Crippen LogP contribution in [0.3, 0.4) is 0 Å². The van der Waals surface area contributed by atoms with Gasteiger partial charge >= 0.3 is 0 Å². The molecule has 1 aromatic carbocycles. The predicted octanol–water partition coefficient (Wildman–Crippen LogP) is 4.45. The minimum Gasteiger partial charge on any atom is -0.424 e. The van der Waals surface area contributed by atoms with Crippen LogP contribution in [0.5, 0.6) is 0 Å². The Morgan fingerprint density at radius 1 is 1.33 bits per heavy atom. The molecule has 0 amide bonds. The predicted molar refractivity (Wildman–Crippen MR) is 118 cm³/mol. The number of nitrogens with two attached hydrogens (primary N) is 1. The summed E-state index contributed by atoms with van der Waals surface area (Å²) in [6.07, 6.45) is 3.63. The third-order valence-corrected chi connectivity index (χ3v) is 5.45. The first-order chi connectivity index (χ1) is 14.2. The lowest BCUT2D eigenvalue weighted by molar-refractivity contribution is 0.170. The van der Waals surface area contributed by atoms with Gasteiger partial charge in [-0.05, 0) is 41.7 Å². The lowest BCUT2D eigenvalue weighted by atomic mass is 9.73. The Kier molecular flexibility index (Phi) is 5.75. The van der Waals surface area contributed by atoms with Crippen molar-refractivity contribution >= 4 is 0 Å². The standard InChI is InChI=1S/C24H29N5O/c1-7-28(6)23-20(16(2)24(3,4)5)21(19(15-25)22(26)30-23)17-9-11-18(12-10-17)29-14-8-13-27-29/h8-14,21H,2,7,26H2,1,3-6H3. The van der Waals surface area contributed by atoms with Crippen LogP contribution in [0.4, 0.5) is 0 Å². The molecule has 6 heteroatoms. The van der Waals surface area contributed by atoms with Crippen LogP contribution in [-0.2, 0) is 4.74 Å². The molecule has 2 N–H and O–H groups in total. The number of hydrogen-bond donors (Lipinski definition) is 1. The van der Waals surface area contributed by atoms with E-state index in [1.807, 2.05) is 55.4 Å². The summed E-state index contributed by atoms with van der Waals surface area (Å²) >= 11 is 0. The highest BCUT2D eigenvalue weighted by molar-refractivity contribution is 5.56. The van der Waals surface area contributed by atoms with Crippen molar-refractivity contribution in [2.75, 3.05) is 13.6 Å². The van der Waals surface area contributed by atoms with Crippen LogP contribution >= 0.6 is 0 Å². The summed E-state index contributed by atoms with van der Waals surface area (Å²) in [5.74, 6) is 0.431. The van der Waals surface area contributed by atoms with Crippen molar-refractivity contribution in [3.63, 3.8) is 0 Å². The van der Waals surface area contributed by atoms with E-state index in [4.69, 9.17) is 10.5 Å². The van der Waals surface area contributed by atoms with Gasteiger partial charge in [-0.15, -0.1) is 0 Å². The highest BCUT2D eigenvalue weighted by atomic mass is 16.5. The molecule has 0 radical (unpaired) electrons. The lowest BCUT2D eigenvalue weighted by Crippen LogP contribution is -2.31. The Morgan fingerprint density at radius 2 is 2.00 bits per heavy atom. The van der Waals surface area contributed by atoms with E-state index in [-0.39, 0.29) is 17.2 Å². The Morgan fingerprint density at radius 3 is 2.50 bits per heavy atom. The normalized spacial score (nSPS) is 16.9. The molecular weight excluding hydrogens is 374 g/mol. The van der Waals surface area contributed by atoms with Gasteiger partial charge in [-0.25, -0.2) is 4.68 Å². The molecule has 0 saturated carbocycles. The third kappa shape index (κ3) is 3.84. The average molecular weight is 404 g/mol. The first kappa shape index (κ1) is 21.3. The second-order valence-corrected chi connectivity index (χ2v) is 8.43. The van der Waals surface area contributed by atoms with Crippen molar-refractivity contribution < 1.29 is 4.74 Å². The minimum absolute atomic E-state index is 0.138. The summed E-state index contributed by atoms with van der Waals surface area (Å²) in [6.45, 7) is 13.5. The first-order valence-electron chi connectivity index (χ1n) is 10.0. The zero-order valence-electron chi connectivity index (χ0n) is 18.3. The average Bonchev–Trinajstić information content (AvgIpc) is 3.26. The van der Waals surface area contributed by atoms with E-state index in [0.717, 1.165) is 28.9 Å². The monoisotopic (exact) mass is 403 g/mol. The van der Waals surface area contributed by atoms with Gasteiger partial charge in [-0.1, -0.05) is 39.5 Å². The van der Waals surface area contributed by atoms with E-state index in [9.17, 15) is 5.26 Å². The van der Waals surface area contributed by atoms with E-state index in [0.29, 0.717) is 11.5 Å². The molecule has 0 spiro atoms. The molecule has 3 rings (SSSR count). The molecule has 156 valence electrons. The SMILES string of the molecule is C=C(C1=C(N(C)CC)OC(N)=C(C#N)C1c1ccc(-n2cccn2)cc1)C(C)(C)C. The molecule has 6 nitrogen and oxygen atoms in total. The maximum absolute atomic E-state index is 9.93. The number of benzene rings is 1. The molecule has 1 aliphatic rings. The van der Waals surface area contributed by atoms with E-state index >= 15 is 0 Å². The van der Waals surface area contributed by atoms with Gasteiger partial charge in [0, 0.05) is 31.6 Å². The number of aromatic nitrogens is 2. The summed E-state index contributed by atoms with van der Waals surface area (Å²) in [6, 6.07) is 12.2. The first-order valence-corrected chi connectivity index (χ1v) is 10.0. The van der Waals surface area contributed by atoms with Crippen LogP contribution in [-0.4, -0.2) is 28.3 Å². The second kappa shape index (κ2) is 8.11. The molecule has 0 fully saturated rings. The highest BCUT2D eigenvalue weighted by Gasteiger charge is 2.38. The number of allylic oxidation sites excluding steroid dienone is 3. The topological polar surface area (TPSA) is 80.1 Å². The van der Waals surface area contributed by atoms with Gasteiger partial charge in [0.2, 0.25) is 11.8 Å². The van der Waals surface area contributed by atoms with Crippen LogP contribution in [0.15, 0.2) is 77.8 Å². The fourth-order valence-electron chi connectivity index (χ4n) is 3.45. The molecule has 0 saturated heterocycles. The van der Waals surface area contributed by atoms with Crippen molar-refractivity contribution in [3.8, 4) is 11.8 Å². The van der Waals surface area contributed by atoms with Crippen LogP contribution in [0.2, 0.25) is 0 Å². The van der Waals surface area contributed by atoms with Gasteiger partial charge in [0.15, 0.2) is 0 Å². The Bertz CT molecular complexity index is 1030. The smallest absolute Gasteiger partial charge is 0.207 e. The van der Waals surface area contributed by atoms with Crippen LogP contribution in [0.25, 0.3) is 5.69 Å². The maximum Gasteiger partial charge on any atom is 0.207 e. The maximum atomic E-state index is 9.93.